The lowest BCUT2D eigenvalue weighted by molar-refractivity contribution is 0.102. The van der Waals surface area contributed by atoms with Crippen molar-refractivity contribution in [2.75, 3.05) is 10.6 Å². The van der Waals surface area contributed by atoms with Crippen molar-refractivity contribution in [1.29, 1.82) is 0 Å². The van der Waals surface area contributed by atoms with Gasteiger partial charge in [-0.3, -0.25) is 14.6 Å². The minimum absolute atomic E-state index is 0.148. The van der Waals surface area contributed by atoms with Crippen LogP contribution in [-0.4, -0.2) is 22.0 Å². The first-order valence-corrected chi connectivity index (χ1v) is 8.02. The normalized spacial score (nSPS) is 10.4. The van der Waals surface area contributed by atoms with Gasteiger partial charge in [-0.2, -0.15) is 0 Å². The third-order valence-electron chi connectivity index (χ3n) is 3.77. The second-order valence-electron chi connectivity index (χ2n) is 5.98. The van der Waals surface area contributed by atoms with Gasteiger partial charge in [0.1, 0.15) is 11.5 Å². The summed E-state index contributed by atoms with van der Waals surface area (Å²) >= 11 is 0. The highest BCUT2D eigenvalue weighted by Crippen LogP contribution is 2.17. The van der Waals surface area contributed by atoms with Gasteiger partial charge in [0.15, 0.2) is 5.82 Å². The number of rotatable bonds is 4. The van der Waals surface area contributed by atoms with Gasteiger partial charge in [0.05, 0.1) is 0 Å². The highest BCUT2D eigenvalue weighted by atomic mass is 16.5. The van der Waals surface area contributed by atoms with Crippen molar-refractivity contribution in [3.8, 4) is 0 Å². The van der Waals surface area contributed by atoms with Crippen LogP contribution in [-0.2, 0) is 0 Å². The summed E-state index contributed by atoms with van der Waals surface area (Å²) < 4.78 is 4.91. The molecule has 0 aliphatic heterocycles. The van der Waals surface area contributed by atoms with Crippen LogP contribution < -0.4 is 10.6 Å². The SMILES string of the molecule is Cc1ccc(C)c(NC(=O)c2cc(C(=O)Nc3cc(C)on3)ccn2)c1. The van der Waals surface area contributed by atoms with Crippen molar-refractivity contribution in [2.24, 2.45) is 0 Å². The maximum Gasteiger partial charge on any atom is 0.274 e. The Morgan fingerprint density at radius 3 is 2.50 bits per heavy atom. The number of carbonyl (C=O) groups is 2. The Balaban J connectivity index is 1.76. The lowest BCUT2D eigenvalue weighted by Gasteiger charge is -2.09. The fourth-order valence-electron chi connectivity index (χ4n) is 2.37. The third-order valence-corrected chi connectivity index (χ3v) is 3.77. The molecule has 0 aliphatic carbocycles. The Bertz CT molecular complexity index is 978. The van der Waals surface area contributed by atoms with Crippen molar-refractivity contribution in [3.05, 3.63) is 70.7 Å². The average molecular weight is 350 g/mol. The Hall–Kier alpha value is -3.48. The van der Waals surface area contributed by atoms with Gasteiger partial charge in [0, 0.05) is 23.5 Å². The van der Waals surface area contributed by atoms with E-state index >= 15 is 0 Å². The molecule has 0 unspecified atom stereocenters. The van der Waals surface area contributed by atoms with E-state index in [-0.39, 0.29) is 11.6 Å². The first kappa shape index (κ1) is 17.3. The number of hydrogen-bond acceptors (Lipinski definition) is 5. The van der Waals surface area contributed by atoms with Crippen molar-refractivity contribution < 1.29 is 14.1 Å². The van der Waals surface area contributed by atoms with Crippen LogP contribution in [0.1, 0.15) is 37.7 Å². The van der Waals surface area contributed by atoms with Crippen LogP contribution in [0, 0.1) is 20.8 Å². The Labute approximate surface area is 150 Å². The highest BCUT2D eigenvalue weighted by molar-refractivity contribution is 6.07. The van der Waals surface area contributed by atoms with Gasteiger partial charge in [0.25, 0.3) is 11.8 Å². The summed E-state index contributed by atoms with van der Waals surface area (Å²) in [5, 5.41) is 9.14. The molecule has 0 bridgehead atoms. The van der Waals surface area contributed by atoms with Gasteiger partial charge in [-0.25, -0.2) is 0 Å². The molecular weight excluding hydrogens is 332 g/mol. The molecule has 0 radical (unpaired) electrons. The predicted molar refractivity (Wildman–Crippen MR) is 97.3 cm³/mol. The molecular formula is C19H18N4O3. The molecule has 1 aromatic carbocycles. The van der Waals surface area contributed by atoms with E-state index in [9.17, 15) is 9.59 Å². The van der Waals surface area contributed by atoms with E-state index in [1.54, 1.807) is 13.0 Å². The third kappa shape index (κ3) is 3.94. The number of benzene rings is 1. The lowest BCUT2D eigenvalue weighted by atomic mass is 10.1. The Morgan fingerprint density at radius 2 is 1.77 bits per heavy atom. The zero-order chi connectivity index (χ0) is 18.7. The summed E-state index contributed by atoms with van der Waals surface area (Å²) in [5.41, 5.74) is 3.14. The minimum atomic E-state index is -0.401. The summed E-state index contributed by atoms with van der Waals surface area (Å²) in [6.07, 6.45) is 1.42. The summed E-state index contributed by atoms with van der Waals surface area (Å²) in [4.78, 5) is 28.8. The summed E-state index contributed by atoms with van der Waals surface area (Å²) in [7, 11) is 0. The molecule has 0 atom stereocenters. The monoisotopic (exact) mass is 350 g/mol. The average Bonchev–Trinajstić information content (AvgIpc) is 3.03. The minimum Gasteiger partial charge on any atom is -0.360 e. The summed E-state index contributed by atoms with van der Waals surface area (Å²) in [6.45, 7) is 5.58. The van der Waals surface area contributed by atoms with Crippen LogP contribution >= 0.6 is 0 Å². The van der Waals surface area contributed by atoms with E-state index in [2.05, 4.69) is 20.8 Å². The molecule has 2 heterocycles. The molecule has 3 aromatic rings. The molecule has 2 aromatic heterocycles. The largest absolute Gasteiger partial charge is 0.360 e. The quantitative estimate of drug-likeness (QED) is 0.750. The van der Waals surface area contributed by atoms with Crippen LogP contribution in [0.3, 0.4) is 0 Å². The molecule has 0 spiro atoms. The van der Waals surface area contributed by atoms with Crippen LogP contribution in [0.4, 0.5) is 11.5 Å². The zero-order valence-electron chi connectivity index (χ0n) is 14.7. The number of hydrogen-bond donors (Lipinski definition) is 2. The van der Waals surface area contributed by atoms with Gasteiger partial charge in [-0.1, -0.05) is 17.3 Å². The molecule has 3 rings (SSSR count). The maximum absolute atomic E-state index is 12.5. The van der Waals surface area contributed by atoms with Crippen molar-refractivity contribution in [3.63, 3.8) is 0 Å². The van der Waals surface area contributed by atoms with E-state index in [0.717, 1.165) is 11.1 Å². The number of nitrogens with zero attached hydrogens (tertiary/aromatic N) is 2. The molecule has 132 valence electrons. The van der Waals surface area contributed by atoms with Crippen LogP contribution in [0.2, 0.25) is 0 Å². The topological polar surface area (TPSA) is 97.1 Å². The van der Waals surface area contributed by atoms with Gasteiger partial charge < -0.3 is 15.2 Å². The summed E-state index contributed by atoms with van der Waals surface area (Å²) in [5.74, 6) is 0.112. The fourth-order valence-corrected chi connectivity index (χ4v) is 2.37. The van der Waals surface area contributed by atoms with Crippen molar-refractivity contribution in [2.45, 2.75) is 20.8 Å². The number of anilines is 2. The van der Waals surface area contributed by atoms with Crippen molar-refractivity contribution in [1.82, 2.24) is 10.1 Å². The van der Waals surface area contributed by atoms with Crippen LogP contribution in [0.25, 0.3) is 0 Å². The van der Waals surface area contributed by atoms with E-state index in [0.29, 0.717) is 22.8 Å². The van der Waals surface area contributed by atoms with Gasteiger partial charge >= 0.3 is 0 Å². The number of nitrogens with one attached hydrogen (secondary N) is 2. The number of aromatic nitrogens is 2. The number of pyridine rings is 1. The molecule has 7 nitrogen and oxygen atoms in total. The Kier molecular flexibility index (Phi) is 4.79. The molecule has 0 aliphatic rings. The first-order valence-electron chi connectivity index (χ1n) is 8.02. The maximum atomic E-state index is 12.5. The van der Waals surface area contributed by atoms with E-state index in [1.165, 1.54) is 18.3 Å². The number of amides is 2. The first-order chi connectivity index (χ1) is 12.4. The molecule has 0 saturated heterocycles. The number of aryl methyl sites for hydroxylation is 3. The zero-order valence-corrected chi connectivity index (χ0v) is 14.7. The Morgan fingerprint density at radius 1 is 0.962 bits per heavy atom. The van der Waals surface area contributed by atoms with Gasteiger partial charge in [-0.05, 0) is 50.1 Å². The van der Waals surface area contributed by atoms with Gasteiger partial charge in [-0.15, -0.1) is 0 Å². The lowest BCUT2D eigenvalue weighted by Crippen LogP contribution is -2.17. The van der Waals surface area contributed by atoms with E-state index in [1.807, 2.05) is 32.0 Å². The van der Waals surface area contributed by atoms with Gasteiger partial charge in [0.2, 0.25) is 0 Å². The molecule has 0 saturated carbocycles. The molecule has 2 N–H and O–H groups in total. The summed E-state index contributed by atoms with van der Waals surface area (Å²) in [6, 6.07) is 10.4. The van der Waals surface area contributed by atoms with E-state index in [4.69, 9.17) is 4.52 Å². The van der Waals surface area contributed by atoms with Crippen LogP contribution in [0.15, 0.2) is 47.1 Å². The highest BCUT2D eigenvalue weighted by Gasteiger charge is 2.14. The van der Waals surface area contributed by atoms with Crippen LogP contribution in [0.5, 0.6) is 0 Å². The second kappa shape index (κ2) is 7.18. The fraction of sp³-hybridized carbons (Fsp3) is 0.158. The standard InChI is InChI=1S/C19H18N4O3/c1-11-4-5-12(2)15(8-11)21-19(25)16-10-14(6-7-20-16)18(24)22-17-9-13(3)26-23-17/h4-10H,1-3H3,(H,21,25)(H,22,23,24). The van der Waals surface area contributed by atoms with Crippen molar-refractivity contribution >= 4 is 23.3 Å². The second-order valence-corrected chi connectivity index (χ2v) is 5.98. The predicted octanol–water partition coefficient (Wildman–Crippen LogP) is 3.50. The van der Waals surface area contributed by atoms with E-state index < -0.39 is 5.91 Å². The smallest absolute Gasteiger partial charge is 0.274 e. The molecule has 2 amide bonds. The molecule has 26 heavy (non-hydrogen) atoms. The molecule has 0 fully saturated rings. The number of carbonyl (C=O) groups excluding carboxylic acids is 2. The molecule has 7 heteroatoms.